The summed E-state index contributed by atoms with van der Waals surface area (Å²) in [6.07, 6.45) is 0. The summed E-state index contributed by atoms with van der Waals surface area (Å²) < 4.78 is 0. The van der Waals surface area contributed by atoms with Gasteiger partial charge in [0.25, 0.3) is 5.97 Å². The Morgan fingerprint density at radius 1 is 1.00 bits per heavy atom. The van der Waals surface area contributed by atoms with Crippen LogP contribution < -0.4 is 30.8 Å². The number of rotatable bonds is 0. The molecule has 0 saturated heterocycles. The summed E-state index contributed by atoms with van der Waals surface area (Å²) in [5, 5.41) is 7.42. The van der Waals surface area contributed by atoms with Gasteiger partial charge in [-0.2, -0.15) is 0 Å². The molecule has 16 N–H and O–H groups in total. The molecule has 0 atom stereocenters. The van der Waals surface area contributed by atoms with Crippen molar-refractivity contribution in [1.82, 2.24) is 30.8 Å². The van der Waals surface area contributed by atoms with Crippen molar-refractivity contribution < 1.29 is 9.90 Å². The van der Waals surface area contributed by atoms with E-state index in [1.807, 2.05) is 0 Å². The number of hydrogen-bond acceptors (Lipinski definition) is 6. The number of hydrogen-bond donors (Lipinski definition) is 6. The molecule has 0 aliphatic carbocycles. The average molecular weight is 145 g/mol. The lowest BCUT2D eigenvalue weighted by Crippen LogP contribution is -1.78. The maximum Gasteiger partial charge on any atom is 0.300 e. The Balaban J connectivity index is -0.00000000450. The van der Waals surface area contributed by atoms with Crippen molar-refractivity contribution >= 4 is 5.97 Å². The van der Waals surface area contributed by atoms with Gasteiger partial charge < -0.3 is 35.9 Å². The molecule has 0 rings (SSSR count). The molecule has 0 aliphatic heterocycles. The summed E-state index contributed by atoms with van der Waals surface area (Å²) in [5.41, 5.74) is 0. The number of carboxylic acid groups (broad SMARTS) is 1. The standard InChI is InChI=1S/C2H4O2.5H3N/c1-2(3)4;;;;;/h1H3,(H,3,4);5*1H3. The molecule has 64 valence electrons. The quantitative estimate of drug-likeness (QED) is 0.289. The third kappa shape index (κ3) is 379. The zero-order valence-corrected chi connectivity index (χ0v) is 5.89. The minimum atomic E-state index is -0.833. The fraction of sp³-hybridized carbons (Fsp3) is 0.500. The van der Waals surface area contributed by atoms with Crippen molar-refractivity contribution in [3.05, 3.63) is 0 Å². The Kier molecular flexibility index (Phi) is 523. The van der Waals surface area contributed by atoms with Gasteiger partial charge in [0.05, 0.1) is 0 Å². The first-order valence-corrected chi connectivity index (χ1v) is 0.928. The van der Waals surface area contributed by atoms with Gasteiger partial charge >= 0.3 is 0 Å². The van der Waals surface area contributed by atoms with E-state index in [0.717, 1.165) is 6.92 Å². The number of carbonyl (C=O) groups is 1. The van der Waals surface area contributed by atoms with Crippen LogP contribution in [0.15, 0.2) is 0 Å². The highest BCUT2D eigenvalue weighted by Crippen LogP contribution is 1.42. The van der Waals surface area contributed by atoms with Crippen molar-refractivity contribution in [3.63, 3.8) is 0 Å². The molecule has 0 aliphatic rings. The van der Waals surface area contributed by atoms with Crippen molar-refractivity contribution in [2.75, 3.05) is 0 Å². The summed E-state index contributed by atoms with van der Waals surface area (Å²) in [4.78, 5) is 9.00. The fourth-order valence-electron chi connectivity index (χ4n) is 0. The van der Waals surface area contributed by atoms with Crippen molar-refractivity contribution in [2.24, 2.45) is 0 Å². The average Bonchev–Trinajstić information content (AvgIpc) is 0.811. The van der Waals surface area contributed by atoms with Crippen LogP contribution >= 0.6 is 0 Å². The molecule has 0 fully saturated rings. The predicted molar refractivity (Wildman–Crippen MR) is 38.4 cm³/mol. The molecule has 0 radical (unpaired) electrons. The van der Waals surface area contributed by atoms with E-state index < -0.39 is 5.97 Å². The molecule has 0 aromatic carbocycles. The van der Waals surface area contributed by atoms with Crippen LogP contribution in [-0.2, 0) is 4.79 Å². The van der Waals surface area contributed by atoms with Gasteiger partial charge in [-0.1, -0.05) is 0 Å². The van der Waals surface area contributed by atoms with Crippen LogP contribution in [0.2, 0.25) is 0 Å². The van der Waals surface area contributed by atoms with Crippen LogP contribution in [0.25, 0.3) is 0 Å². The molecule has 7 heteroatoms. The first-order valence-electron chi connectivity index (χ1n) is 0.928. The molecule has 0 unspecified atom stereocenters. The molecule has 0 heterocycles. The van der Waals surface area contributed by atoms with E-state index in [1.54, 1.807) is 0 Å². The molecule has 7 nitrogen and oxygen atoms in total. The van der Waals surface area contributed by atoms with E-state index in [1.165, 1.54) is 0 Å². The van der Waals surface area contributed by atoms with Crippen LogP contribution in [0.1, 0.15) is 6.92 Å². The number of carboxylic acids is 1. The molecule has 0 aromatic heterocycles. The Bertz CT molecular complexity index is 35.9. The molecule has 9 heavy (non-hydrogen) atoms. The van der Waals surface area contributed by atoms with E-state index in [2.05, 4.69) is 0 Å². The lowest BCUT2D eigenvalue weighted by atomic mass is 10.9. The molecular weight excluding hydrogens is 126 g/mol. The van der Waals surface area contributed by atoms with Gasteiger partial charge in [0, 0.05) is 6.92 Å². The maximum atomic E-state index is 9.00. The third-order valence-corrected chi connectivity index (χ3v) is 0. The topological polar surface area (TPSA) is 212 Å². The Hall–Kier alpha value is -0.730. The van der Waals surface area contributed by atoms with Gasteiger partial charge in [-0.15, -0.1) is 0 Å². The summed E-state index contributed by atoms with van der Waals surface area (Å²) in [5.74, 6) is -0.833. The van der Waals surface area contributed by atoms with Gasteiger partial charge in [0.2, 0.25) is 0 Å². The monoisotopic (exact) mass is 145 g/mol. The van der Waals surface area contributed by atoms with E-state index in [0.29, 0.717) is 0 Å². The summed E-state index contributed by atoms with van der Waals surface area (Å²) >= 11 is 0. The van der Waals surface area contributed by atoms with Crippen LogP contribution in [0.4, 0.5) is 0 Å². The van der Waals surface area contributed by atoms with Gasteiger partial charge in [-0.25, -0.2) is 0 Å². The smallest absolute Gasteiger partial charge is 0.300 e. The van der Waals surface area contributed by atoms with Crippen molar-refractivity contribution in [2.45, 2.75) is 6.92 Å². The minimum absolute atomic E-state index is 0. The number of aliphatic carboxylic acids is 1. The molecule has 0 bridgehead atoms. The minimum Gasteiger partial charge on any atom is -0.481 e. The zero-order chi connectivity index (χ0) is 3.58. The predicted octanol–water partition coefficient (Wildman–Crippen LogP) is 0.901. The molecule has 0 saturated carbocycles. The molecule has 0 amide bonds. The lowest BCUT2D eigenvalue weighted by Gasteiger charge is -1.59. The lowest BCUT2D eigenvalue weighted by molar-refractivity contribution is -0.134. The highest BCUT2D eigenvalue weighted by Gasteiger charge is 1.65. The van der Waals surface area contributed by atoms with Crippen molar-refractivity contribution in [1.29, 1.82) is 0 Å². The normalized spacial score (nSPS) is 2.78. The molecule has 0 spiro atoms. The summed E-state index contributed by atoms with van der Waals surface area (Å²) in [6, 6.07) is 0. The highest BCUT2D eigenvalue weighted by molar-refractivity contribution is 5.62. The molecule has 0 aromatic rings. The SMILES string of the molecule is CC(=O)O.N.N.N.N.N. The first-order chi connectivity index (χ1) is 1.73. The van der Waals surface area contributed by atoms with Gasteiger partial charge in [0.15, 0.2) is 0 Å². The second-order valence-corrected chi connectivity index (χ2v) is 0.519. The highest BCUT2D eigenvalue weighted by atomic mass is 16.4. The van der Waals surface area contributed by atoms with Gasteiger partial charge in [-0.05, 0) is 0 Å². The Morgan fingerprint density at radius 2 is 1.00 bits per heavy atom. The summed E-state index contributed by atoms with van der Waals surface area (Å²) in [7, 11) is 0. The third-order valence-electron chi connectivity index (χ3n) is 0. The van der Waals surface area contributed by atoms with Gasteiger partial charge in [0.1, 0.15) is 0 Å². The van der Waals surface area contributed by atoms with E-state index in [9.17, 15) is 0 Å². The Labute approximate surface area is 54.7 Å². The zero-order valence-electron chi connectivity index (χ0n) is 5.89. The second kappa shape index (κ2) is 55.5. The van der Waals surface area contributed by atoms with Crippen molar-refractivity contribution in [3.8, 4) is 0 Å². The maximum absolute atomic E-state index is 9.00. The summed E-state index contributed by atoms with van der Waals surface area (Å²) in [6.45, 7) is 1.08. The first kappa shape index (κ1) is 84.8. The van der Waals surface area contributed by atoms with Gasteiger partial charge in [-0.3, -0.25) is 4.79 Å². The van der Waals surface area contributed by atoms with E-state index in [4.69, 9.17) is 9.90 Å². The van der Waals surface area contributed by atoms with Crippen LogP contribution in [0.3, 0.4) is 0 Å². The van der Waals surface area contributed by atoms with Crippen LogP contribution in [0, 0.1) is 0 Å². The largest absolute Gasteiger partial charge is 0.481 e. The van der Waals surface area contributed by atoms with E-state index >= 15 is 0 Å². The second-order valence-electron chi connectivity index (χ2n) is 0.519. The fourth-order valence-corrected chi connectivity index (χ4v) is 0. The molecular formula is C2H19N5O2. The Morgan fingerprint density at radius 3 is 1.00 bits per heavy atom. The van der Waals surface area contributed by atoms with E-state index in [-0.39, 0.29) is 30.8 Å². The van der Waals surface area contributed by atoms with Crippen LogP contribution in [-0.4, -0.2) is 11.1 Å². The van der Waals surface area contributed by atoms with Crippen LogP contribution in [0.5, 0.6) is 0 Å².